The number of hydrogen-bond acceptors (Lipinski definition) is 5. The van der Waals surface area contributed by atoms with Gasteiger partial charge in [0.25, 0.3) is 0 Å². The zero-order chi connectivity index (χ0) is 25.9. The summed E-state index contributed by atoms with van der Waals surface area (Å²) >= 11 is 0. The Kier molecular flexibility index (Phi) is 7.94. The maximum absolute atomic E-state index is 14.7. The fraction of sp³-hybridized carbons (Fsp3) is 0.462. The molecule has 0 heterocycles. The Bertz CT molecular complexity index is 1260. The van der Waals surface area contributed by atoms with E-state index in [1.54, 1.807) is 30.1 Å². The molecule has 0 bridgehead atoms. The molecule has 194 valence electrons. The molecule has 1 amide bonds. The van der Waals surface area contributed by atoms with Crippen LogP contribution in [0.1, 0.15) is 60.8 Å². The maximum Gasteiger partial charge on any atom is 0.241 e. The highest BCUT2D eigenvalue weighted by Gasteiger charge is 2.32. The van der Waals surface area contributed by atoms with Crippen molar-refractivity contribution in [1.29, 1.82) is 0 Å². The molecule has 1 saturated carbocycles. The van der Waals surface area contributed by atoms with Crippen LogP contribution >= 0.6 is 0 Å². The van der Waals surface area contributed by atoms with Crippen LogP contribution < -0.4 is 16.3 Å². The second-order valence-corrected chi connectivity index (χ2v) is 11.4. The first-order valence-electron chi connectivity index (χ1n) is 12.4. The van der Waals surface area contributed by atoms with E-state index in [4.69, 9.17) is 11.6 Å². The molecule has 1 atom stereocenters. The first-order valence-corrected chi connectivity index (χ1v) is 13.9. The molecule has 2 aliphatic carbocycles. The molecular weight excluding hydrogens is 481 g/mol. The zero-order valence-corrected chi connectivity index (χ0v) is 21.4. The fourth-order valence-electron chi connectivity index (χ4n) is 5.23. The van der Waals surface area contributed by atoms with Crippen LogP contribution in [0.4, 0.5) is 4.39 Å². The van der Waals surface area contributed by atoms with Crippen LogP contribution in [-0.4, -0.2) is 44.2 Å². The summed E-state index contributed by atoms with van der Waals surface area (Å²) in [6.45, 7) is 0. The summed E-state index contributed by atoms with van der Waals surface area (Å²) in [5.74, 6) is 4.03. The number of benzene rings is 2. The third-order valence-electron chi connectivity index (χ3n) is 7.33. The molecule has 8 nitrogen and oxygen atoms in total. The standard InChI is InChI=1S/C26H34FN5O3S/c1-32(20-8-4-5-9-20)26(33)24(15-17-10-13-22(23(27)14-17)25(28)30-29)31-36(34,35)21-12-11-18-6-2-3-7-19(18)16-21/h10-14,16,20,24,31H,2-9,15,29H2,1H3,(H2,28,30)/t24-/m0/s1. The molecule has 4 rings (SSSR count). The Morgan fingerprint density at radius 2 is 1.81 bits per heavy atom. The van der Waals surface area contributed by atoms with Gasteiger partial charge in [0.2, 0.25) is 15.9 Å². The summed E-state index contributed by atoms with van der Waals surface area (Å²) in [4.78, 5) is 15.3. The zero-order valence-electron chi connectivity index (χ0n) is 20.5. The Labute approximate surface area is 212 Å². The second kappa shape index (κ2) is 11.0. The lowest BCUT2D eigenvalue weighted by Crippen LogP contribution is -2.50. The number of hydrazone groups is 1. The minimum Gasteiger partial charge on any atom is -0.382 e. The summed E-state index contributed by atoms with van der Waals surface area (Å²) in [6.07, 6.45) is 7.72. The summed E-state index contributed by atoms with van der Waals surface area (Å²) in [5, 5.41) is 3.32. The topological polar surface area (TPSA) is 131 Å². The molecule has 2 aliphatic rings. The van der Waals surface area contributed by atoms with Crippen LogP contribution in [-0.2, 0) is 34.1 Å². The number of amidine groups is 1. The second-order valence-electron chi connectivity index (χ2n) is 9.73. The van der Waals surface area contributed by atoms with Gasteiger partial charge < -0.3 is 16.5 Å². The summed E-state index contributed by atoms with van der Waals surface area (Å²) in [7, 11) is -2.29. The van der Waals surface area contributed by atoms with Crippen LogP contribution in [0.2, 0.25) is 0 Å². The van der Waals surface area contributed by atoms with E-state index in [2.05, 4.69) is 9.82 Å². The van der Waals surface area contributed by atoms with Crippen LogP contribution in [0.25, 0.3) is 0 Å². The van der Waals surface area contributed by atoms with E-state index in [1.807, 2.05) is 6.07 Å². The number of fused-ring (bicyclic) bond motifs is 1. The smallest absolute Gasteiger partial charge is 0.241 e. The van der Waals surface area contributed by atoms with Gasteiger partial charge in [0.1, 0.15) is 11.9 Å². The summed E-state index contributed by atoms with van der Waals surface area (Å²) in [6, 6.07) is 8.39. The fourth-order valence-corrected chi connectivity index (χ4v) is 6.47. The molecule has 0 aliphatic heterocycles. The summed E-state index contributed by atoms with van der Waals surface area (Å²) in [5.41, 5.74) is 8.33. The Balaban J connectivity index is 1.62. The van der Waals surface area contributed by atoms with Gasteiger partial charge in [-0.15, -0.1) is 0 Å². The number of carbonyl (C=O) groups excluding carboxylic acids is 1. The SMILES string of the molecule is CN(C(=O)[C@H](Cc1ccc(/C(N)=N/N)c(F)c1)NS(=O)(=O)c1ccc2c(c1)CCCC2)C1CCCC1. The van der Waals surface area contributed by atoms with Gasteiger partial charge in [0.05, 0.1) is 10.5 Å². The van der Waals surface area contributed by atoms with E-state index in [1.165, 1.54) is 17.7 Å². The Morgan fingerprint density at radius 1 is 1.11 bits per heavy atom. The van der Waals surface area contributed by atoms with Gasteiger partial charge >= 0.3 is 0 Å². The van der Waals surface area contributed by atoms with Crippen molar-refractivity contribution in [2.24, 2.45) is 16.7 Å². The number of aryl methyl sites for hydroxylation is 2. The van der Waals surface area contributed by atoms with Crippen molar-refractivity contribution < 1.29 is 17.6 Å². The van der Waals surface area contributed by atoms with Crippen LogP contribution in [0.15, 0.2) is 46.4 Å². The number of rotatable bonds is 8. The molecule has 2 aromatic carbocycles. The van der Waals surface area contributed by atoms with Gasteiger partial charge in [-0.05, 0) is 85.9 Å². The third kappa shape index (κ3) is 5.70. The van der Waals surface area contributed by atoms with E-state index < -0.39 is 21.9 Å². The van der Waals surface area contributed by atoms with Crippen LogP contribution in [0.3, 0.4) is 0 Å². The van der Waals surface area contributed by atoms with E-state index in [0.717, 1.165) is 56.9 Å². The number of nitrogens with zero attached hydrogens (tertiary/aromatic N) is 2. The molecular formula is C26H34FN5O3S. The Morgan fingerprint density at radius 3 is 2.47 bits per heavy atom. The number of nitrogens with one attached hydrogen (secondary N) is 1. The molecule has 5 N–H and O–H groups in total. The maximum atomic E-state index is 14.7. The number of amides is 1. The predicted octanol–water partition coefficient (Wildman–Crippen LogP) is 2.57. The lowest BCUT2D eigenvalue weighted by molar-refractivity contribution is -0.133. The third-order valence-corrected chi connectivity index (χ3v) is 8.80. The van der Waals surface area contributed by atoms with Crippen LogP contribution in [0, 0.1) is 5.82 Å². The molecule has 0 spiro atoms. The first-order chi connectivity index (χ1) is 17.2. The van der Waals surface area contributed by atoms with Gasteiger partial charge in [0, 0.05) is 13.1 Å². The Hall–Kier alpha value is -2.98. The number of halogens is 1. The molecule has 2 aromatic rings. The molecule has 0 unspecified atom stereocenters. The lowest BCUT2D eigenvalue weighted by Gasteiger charge is -2.29. The van der Waals surface area contributed by atoms with E-state index in [9.17, 15) is 17.6 Å². The van der Waals surface area contributed by atoms with Crippen molar-refractivity contribution in [2.75, 3.05) is 7.05 Å². The van der Waals surface area contributed by atoms with Crippen molar-refractivity contribution in [3.05, 3.63) is 64.5 Å². The monoisotopic (exact) mass is 515 g/mol. The van der Waals surface area contributed by atoms with Crippen molar-refractivity contribution in [1.82, 2.24) is 9.62 Å². The van der Waals surface area contributed by atoms with E-state index >= 15 is 0 Å². The van der Waals surface area contributed by atoms with Crippen molar-refractivity contribution in [2.45, 2.75) is 74.8 Å². The van der Waals surface area contributed by atoms with Crippen molar-refractivity contribution in [3.8, 4) is 0 Å². The predicted molar refractivity (Wildman–Crippen MR) is 137 cm³/mol. The highest BCUT2D eigenvalue weighted by atomic mass is 32.2. The normalized spacial score (nSPS) is 17.6. The molecule has 1 fully saturated rings. The molecule has 10 heteroatoms. The average molecular weight is 516 g/mol. The molecule has 0 radical (unpaired) electrons. The van der Waals surface area contributed by atoms with E-state index in [-0.39, 0.29) is 34.7 Å². The van der Waals surface area contributed by atoms with Gasteiger partial charge in [-0.3, -0.25) is 4.79 Å². The lowest BCUT2D eigenvalue weighted by atomic mass is 9.92. The summed E-state index contributed by atoms with van der Waals surface area (Å²) < 4.78 is 44.1. The van der Waals surface area contributed by atoms with Gasteiger partial charge in [-0.1, -0.05) is 25.0 Å². The minimum atomic E-state index is -4.00. The molecule has 36 heavy (non-hydrogen) atoms. The largest absolute Gasteiger partial charge is 0.382 e. The van der Waals surface area contributed by atoms with Gasteiger partial charge in [-0.25, -0.2) is 12.8 Å². The highest BCUT2D eigenvalue weighted by Crippen LogP contribution is 2.26. The first kappa shape index (κ1) is 26.1. The quantitative estimate of drug-likeness (QED) is 0.215. The van der Waals surface area contributed by atoms with Crippen molar-refractivity contribution >= 4 is 21.8 Å². The molecule has 0 saturated heterocycles. The minimum absolute atomic E-state index is 0.0169. The number of sulfonamides is 1. The molecule has 0 aromatic heterocycles. The van der Waals surface area contributed by atoms with Gasteiger partial charge in [0.15, 0.2) is 5.84 Å². The van der Waals surface area contributed by atoms with E-state index in [0.29, 0.717) is 5.56 Å². The van der Waals surface area contributed by atoms with Crippen LogP contribution in [0.5, 0.6) is 0 Å². The van der Waals surface area contributed by atoms with Crippen molar-refractivity contribution in [3.63, 3.8) is 0 Å². The number of likely N-dealkylation sites (N-methyl/N-ethyl adjacent to an activating group) is 1. The number of carbonyl (C=O) groups is 1. The highest BCUT2D eigenvalue weighted by molar-refractivity contribution is 7.89. The number of nitrogens with two attached hydrogens (primary N) is 2. The average Bonchev–Trinajstić information content (AvgIpc) is 3.42. The van der Waals surface area contributed by atoms with Gasteiger partial charge in [-0.2, -0.15) is 9.82 Å². The number of hydrogen-bond donors (Lipinski definition) is 3.